The Morgan fingerprint density at radius 2 is 1.43 bits per heavy atom. The van der Waals surface area contributed by atoms with Gasteiger partial charge in [0, 0.05) is 18.4 Å². The minimum Gasteiger partial charge on any atom is -0.508 e. The molecule has 0 aliphatic heterocycles. The van der Waals surface area contributed by atoms with Crippen LogP contribution in [0.4, 0.5) is 0 Å². The summed E-state index contributed by atoms with van der Waals surface area (Å²) in [6, 6.07) is 12.4. The molecule has 0 radical (unpaired) electrons. The molecule has 0 aliphatic rings. The number of rotatable bonds is 6. The van der Waals surface area contributed by atoms with Crippen LogP contribution in [-0.2, 0) is 0 Å². The van der Waals surface area contributed by atoms with Crippen molar-refractivity contribution in [3.63, 3.8) is 0 Å². The maximum Gasteiger partial charge on any atom is 0.166 e. The molecule has 0 aliphatic carbocycles. The molecule has 21 heavy (non-hydrogen) atoms. The summed E-state index contributed by atoms with van der Waals surface area (Å²) in [5.74, 6) is -0.166. The third-order valence-electron chi connectivity index (χ3n) is 3.20. The molecule has 2 aromatic carbocycles. The molecule has 0 atom stereocenters. The van der Waals surface area contributed by atoms with Crippen molar-refractivity contribution in [1.82, 2.24) is 0 Å². The number of Topliss-reactive ketones (excluding diaryl/α,β-unsaturated/α-hetero) is 2. The number of phenols is 2. The topological polar surface area (TPSA) is 74.6 Å². The summed E-state index contributed by atoms with van der Waals surface area (Å²) in [5, 5.41) is 18.7. The van der Waals surface area contributed by atoms with Crippen LogP contribution < -0.4 is 0 Å². The number of ketones is 2. The Bertz CT molecular complexity index is 644. The lowest BCUT2D eigenvalue weighted by Crippen LogP contribution is -2.03. The molecular formula is C17H16O4. The summed E-state index contributed by atoms with van der Waals surface area (Å²) in [6.07, 6.45) is 0.887. The molecule has 0 fully saturated rings. The number of carbonyl (C=O) groups excluding carboxylic acids is 2. The average molecular weight is 284 g/mol. The van der Waals surface area contributed by atoms with Gasteiger partial charge >= 0.3 is 0 Å². The maximum atomic E-state index is 11.9. The normalized spacial score (nSPS) is 10.3. The Balaban J connectivity index is 1.87. The van der Waals surface area contributed by atoms with Crippen LogP contribution in [0.25, 0.3) is 0 Å². The van der Waals surface area contributed by atoms with Gasteiger partial charge in [-0.3, -0.25) is 9.59 Å². The van der Waals surface area contributed by atoms with Crippen molar-refractivity contribution in [2.24, 2.45) is 0 Å². The zero-order chi connectivity index (χ0) is 15.2. The first kappa shape index (κ1) is 14.8. The lowest BCUT2D eigenvalue weighted by atomic mass is 10.0. The van der Waals surface area contributed by atoms with Gasteiger partial charge in [0.1, 0.15) is 11.5 Å². The average Bonchev–Trinajstić information content (AvgIpc) is 2.48. The molecule has 2 rings (SSSR count). The molecule has 0 saturated heterocycles. The molecule has 0 amide bonds. The Kier molecular flexibility index (Phi) is 4.72. The van der Waals surface area contributed by atoms with Gasteiger partial charge in [-0.05, 0) is 42.8 Å². The SMILES string of the molecule is O=C(CCCC(=O)c1ccccc1O)c1ccc(O)cc1. The zero-order valence-electron chi connectivity index (χ0n) is 11.5. The number of carbonyl (C=O) groups is 2. The molecule has 2 N–H and O–H groups in total. The lowest BCUT2D eigenvalue weighted by molar-refractivity contribution is 0.0956. The second kappa shape index (κ2) is 6.70. The maximum absolute atomic E-state index is 11.9. The van der Waals surface area contributed by atoms with Crippen molar-refractivity contribution < 1.29 is 19.8 Å². The van der Waals surface area contributed by atoms with Gasteiger partial charge in [-0.25, -0.2) is 0 Å². The van der Waals surface area contributed by atoms with Gasteiger partial charge in [0.2, 0.25) is 0 Å². The number of hydrogen-bond acceptors (Lipinski definition) is 4. The summed E-state index contributed by atoms with van der Waals surface area (Å²) in [4.78, 5) is 23.8. The van der Waals surface area contributed by atoms with Crippen LogP contribution in [0.2, 0.25) is 0 Å². The minimum absolute atomic E-state index is 0.0349. The van der Waals surface area contributed by atoms with Crippen LogP contribution in [0, 0.1) is 0 Å². The molecule has 0 bridgehead atoms. The Hall–Kier alpha value is -2.62. The molecule has 2 aromatic rings. The van der Waals surface area contributed by atoms with E-state index in [9.17, 15) is 14.7 Å². The lowest BCUT2D eigenvalue weighted by Gasteiger charge is -2.04. The van der Waals surface area contributed by atoms with Gasteiger partial charge in [0.05, 0.1) is 5.56 Å². The van der Waals surface area contributed by atoms with E-state index in [1.807, 2.05) is 0 Å². The monoisotopic (exact) mass is 284 g/mol. The van der Waals surface area contributed by atoms with Crippen molar-refractivity contribution in [1.29, 1.82) is 0 Å². The highest BCUT2D eigenvalue weighted by Crippen LogP contribution is 2.19. The Morgan fingerprint density at radius 1 is 0.810 bits per heavy atom. The number of benzene rings is 2. The zero-order valence-corrected chi connectivity index (χ0v) is 11.5. The van der Waals surface area contributed by atoms with E-state index < -0.39 is 0 Å². The highest BCUT2D eigenvalue weighted by atomic mass is 16.3. The third-order valence-corrected chi connectivity index (χ3v) is 3.20. The summed E-state index contributed by atoms with van der Waals surface area (Å²) >= 11 is 0. The van der Waals surface area contributed by atoms with Crippen LogP contribution in [0.1, 0.15) is 40.0 Å². The van der Waals surface area contributed by atoms with E-state index >= 15 is 0 Å². The fourth-order valence-corrected chi connectivity index (χ4v) is 2.05. The first-order valence-corrected chi connectivity index (χ1v) is 6.71. The van der Waals surface area contributed by atoms with Crippen molar-refractivity contribution >= 4 is 11.6 Å². The van der Waals surface area contributed by atoms with Gasteiger partial charge in [0.15, 0.2) is 11.6 Å². The molecule has 108 valence electrons. The first-order valence-electron chi connectivity index (χ1n) is 6.71. The first-order chi connectivity index (χ1) is 10.1. The summed E-state index contributed by atoms with van der Waals surface area (Å²) in [5.41, 5.74) is 0.803. The van der Waals surface area contributed by atoms with E-state index in [2.05, 4.69) is 0 Å². The smallest absolute Gasteiger partial charge is 0.166 e. The Morgan fingerprint density at radius 3 is 2.10 bits per heavy atom. The van der Waals surface area contributed by atoms with Crippen molar-refractivity contribution in [2.75, 3.05) is 0 Å². The summed E-state index contributed by atoms with van der Waals surface area (Å²) in [7, 11) is 0. The van der Waals surface area contributed by atoms with Crippen LogP contribution in [0.15, 0.2) is 48.5 Å². The molecule has 0 aromatic heterocycles. The summed E-state index contributed by atoms with van der Waals surface area (Å²) < 4.78 is 0. The number of aromatic hydroxyl groups is 2. The van der Waals surface area contributed by atoms with Gasteiger partial charge in [0.25, 0.3) is 0 Å². The van der Waals surface area contributed by atoms with Gasteiger partial charge in [-0.1, -0.05) is 12.1 Å². The van der Waals surface area contributed by atoms with Crippen LogP contribution in [0.5, 0.6) is 11.5 Å². The van der Waals surface area contributed by atoms with Crippen molar-refractivity contribution in [3.8, 4) is 11.5 Å². The number of phenolic OH excluding ortho intramolecular Hbond substituents is 2. The Labute approximate surface area is 122 Å². The van der Waals surface area contributed by atoms with Crippen molar-refractivity contribution in [2.45, 2.75) is 19.3 Å². The van der Waals surface area contributed by atoms with Crippen molar-refractivity contribution in [3.05, 3.63) is 59.7 Å². The van der Waals surface area contributed by atoms with Crippen LogP contribution in [-0.4, -0.2) is 21.8 Å². The second-order valence-electron chi connectivity index (χ2n) is 4.76. The number of hydrogen-bond donors (Lipinski definition) is 2. The van der Waals surface area contributed by atoms with E-state index in [4.69, 9.17) is 5.11 Å². The van der Waals surface area contributed by atoms with Gasteiger partial charge < -0.3 is 10.2 Å². The van der Waals surface area contributed by atoms with Gasteiger partial charge in [-0.15, -0.1) is 0 Å². The van der Waals surface area contributed by atoms with Crippen LogP contribution >= 0.6 is 0 Å². The predicted molar refractivity (Wildman–Crippen MR) is 78.7 cm³/mol. The highest BCUT2D eigenvalue weighted by molar-refractivity contribution is 5.99. The van der Waals surface area contributed by atoms with Crippen LogP contribution in [0.3, 0.4) is 0 Å². The van der Waals surface area contributed by atoms with E-state index in [1.165, 1.54) is 18.2 Å². The third kappa shape index (κ3) is 3.92. The highest BCUT2D eigenvalue weighted by Gasteiger charge is 2.12. The standard InChI is InChI=1S/C17H16O4/c18-13-10-8-12(9-11-13)15(19)6-3-7-17(21)14-4-1-2-5-16(14)20/h1-2,4-5,8-11,18,20H,3,6-7H2. The minimum atomic E-state index is -0.174. The van der Waals surface area contributed by atoms with E-state index in [-0.39, 0.29) is 41.5 Å². The van der Waals surface area contributed by atoms with E-state index in [0.29, 0.717) is 12.0 Å². The van der Waals surface area contributed by atoms with Gasteiger partial charge in [-0.2, -0.15) is 0 Å². The fourth-order valence-electron chi connectivity index (χ4n) is 2.05. The molecule has 0 unspecified atom stereocenters. The largest absolute Gasteiger partial charge is 0.508 e. The molecule has 0 heterocycles. The quantitative estimate of drug-likeness (QED) is 0.798. The second-order valence-corrected chi connectivity index (χ2v) is 4.76. The van der Waals surface area contributed by atoms with E-state index in [0.717, 1.165) is 0 Å². The summed E-state index contributed by atoms with van der Waals surface area (Å²) in [6.45, 7) is 0. The fraction of sp³-hybridized carbons (Fsp3) is 0.176. The predicted octanol–water partition coefficient (Wildman–Crippen LogP) is 3.33. The van der Waals surface area contributed by atoms with E-state index in [1.54, 1.807) is 30.3 Å². The molecule has 4 nitrogen and oxygen atoms in total. The molecule has 0 spiro atoms. The molecule has 0 saturated carbocycles. The molecular weight excluding hydrogens is 268 g/mol. The molecule has 4 heteroatoms. The number of para-hydroxylation sites is 1.